The van der Waals surface area contributed by atoms with Gasteiger partial charge in [-0.05, 0) is 12.1 Å². The highest BCUT2D eigenvalue weighted by Gasteiger charge is 2.28. The summed E-state index contributed by atoms with van der Waals surface area (Å²) < 4.78 is 4.68. The zero-order valence-electron chi connectivity index (χ0n) is 10.3. The molecular formula is C13H16N2O3. The molecule has 5 heteroatoms. The number of piperazine rings is 1. The molecule has 96 valence electrons. The average Bonchev–Trinajstić information content (AvgIpc) is 2.46. The zero-order valence-corrected chi connectivity index (χ0v) is 10.3. The van der Waals surface area contributed by atoms with Gasteiger partial charge in [-0.25, -0.2) is 0 Å². The molecule has 1 aromatic carbocycles. The fourth-order valence-electron chi connectivity index (χ4n) is 2.00. The monoisotopic (exact) mass is 248 g/mol. The number of nitrogens with one attached hydrogen (secondary N) is 1. The maximum Gasteiger partial charge on any atom is 0.324 e. The lowest BCUT2D eigenvalue weighted by molar-refractivity contribution is -0.144. The second-order valence-corrected chi connectivity index (χ2v) is 4.15. The van der Waals surface area contributed by atoms with Crippen molar-refractivity contribution in [3.63, 3.8) is 0 Å². The smallest absolute Gasteiger partial charge is 0.324 e. The van der Waals surface area contributed by atoms with E-state index in [2.05, 4.69) is 10.1 Å². The molecule has 1 atom stereocenters. The summed E-state index contributed by atoms with van der Waals surface area (Å²) in [6, 6.07) is 8.64. The van der Waals surface area contributed by atoms with E-state index in [9.17, 15) is 9.59 Å². The molecule has 5 nitrogen and oxygen atoms in total. The van der Waals surface area contributed by atoms with Crippen molar-refractivity contribution >= 4 is 11.9 Å². The van der Waals surface area contributed by atoms with Gasteiger partial charge in [0.1, 0.15) is 6.04 Å². The molecule has 0 saturated carbocycles. The molecule has 1 N–H and O–H groups in total. The number of nitrogens with zero attached hydrogens (tertiary/aromatic N) is 1. The Balaban J connectivity index is 2.05. The average molecular weight is 248 g/mol. The summed E-state index contributed by atoms with van der Waals surface area (Å²) in [4.78, 5) is 25.3. The van der Waals surface area contributed by atoms with Gasteiger partial charge in [0.05, 0.1) is 7.11 Å². The minimum absolute atomic E-state index is 0.0500. The number of ether oxygens (including phenoxy) is 1. The van der Waals surface area contributed by atoms with Crippen LogP contribution in [0.3, 0.4) is 0 Å². The normalized spacial score (nSPS) is 19.4. The molecule has 0 unspecified atom stereocenters. The molecule has 18 heavy (non-hydrogen) atoms. The minimum atomic E-state index is -0.434. The summed E-state index contributed by atoms with van der Waals surface area (Å²) in [6.07, 6.45) is 0. The second kappa shape index (κ2) is 5.64. The fourth-order valence-corrected chi connectivity index (χ4v) is 2.00. The van der Waals surface area contributed by atoms with E-state index in [0.717, 1.165) is 0 Å². The van der Waals surface area contributed by atoms with Crippen LogP contribution in [0.25, 0.3) is 0 Å². The van der Waals surface area contributed by atoms with Crippen molar-refractivity contribution in [2.75, 3.05) is 26.7 Å². The number of benzene rings is 1. The van der Waals surface area contributed by atoms with Gasteiger partial charge < -0.3 is 15.0 Å². The molecule has 1 saturated heterocycles. The summed E-state index contributed by atoms with van der Waals surface area (Å²) >= 11 is 0. The van der Waals surface area contributed by atoms with Crippen LogP contribution in [-0.4, -0.2) is 49.6 Å². The van der Waals surface area contributed by atoms with Crippen LogP contribution in [0, 0.1) is 0 Å². The number of hydrogen-bond donors (Lipinski definition) is 1. The number of esters is 1. The highest BCUT2D eigenvalue weighted by atomic mass is 16.5. The number of hydrogen-bond acceptors (Lipinski definition) is 4. The Kier molecular flexibility index (Phi) is 3.94. The van der Waals surface area contributed by atoms with Crippen LogP contribution in [0.5, 0.6) is 0 Å². The summed E-state index contributed by atoms with van der Waals surface area (Å²) in [5.74, 6) is -0.383. The first-order valence-electron chi connectivity index (χ1n) is 5.88. The van der Waals surface area contributed by atoms with Crippen molar-refractivity contribution < 1.29 is 14.3 Å². The summed E-state index contributed by atoms with van der Waals surface area (Å²) in [7, 11) is 1.35. The van der Waals surface area contributed by atoms with Crippen molar-refractivity contribution in [3.8, 4) is 0 Å². The van der Waals surface area contributed by atoms with Gasteiger partial charge in [-0.2, -0.15) is 0 Å². The lowest BCUT2D eigenvalue weighted by atomic mass is 10.1. The van der Waals surface area contributed by atoms with Crippen molar-refractivity contribution in [1.82, 2.24) is 10.2 Å². The number of carbonyl (C=O) groups is 2. The van der Waals surface area contributed by atoms with Crippen LogP contribution < -0.4 is 5.32 Å². The van der Waals surface area contributed by atoms with Crippen molar-refractivity contribution in [1.29, 1.82) is 0 Å². The Bertz CT molecular complexity index is 433. The molecule has 2 rings (SSSR count). The summed E-state index contributed by atoms with van der Waals surface area (Å²) in [5.41, 5.74) is 0.642. The highest BCUT2D eigenvalue weighted by Crippen LogP contribution is 2.08. The predicted molar refractivity (Wildman–Crippen MR) is 66.2 cm³/mol. The van der Waals surface area contributed by atoms with Gasteiger partial charge in [-0.3, -0.25) is 9.59 Å². The number of amides is 1. The van der Waals surface area contributed by atoms with Crippen LogP contribution in [0.1, 0.15) is 10.4 Å². The van der Waals surface area contributed by atoms with Gasteiger partial charge in [0, 0.05) is 25.2 Å². The van der Waals surface area contributed by atoms with E-state index in [1.54, 1.807) is 17.0 Å². The van der Waals surface area contributed by atoms with E-state index in [1.807, 2.05) is 18.2 Å². The van der Waals surface area contributed by atoms with Gasteiger partial charge in [0.15, 0.2) is 0 Å². The number of methoxy groups -OCH3 is 1. The van der Waals surface area contributed by atoms with Crippen LogP contribution in [0.15, 0.2) is 30.3 Å². The summed E-state index contributed by atoms with van der Waals surface area (Å²) in [5, 5.41) is 3.04. The molecule has 1 aliphatic heterocycles. The summed E-state index contributed by atoms with van der Waals surface area (Å²) in [6.45, 7) is 1.54. The maximum atomic E-state index is 12.2. The van der Waals surface area contributed by atoms with Crippen molar-refractivity contribution in [2.45, 2.75) is 6.04 Å². The quantitative estimate of drug-likeness (QED) is 0.763. The second-order valence-electron chi connectivity index (χ2n) is 4.15. The fraction of sp³-hybridized carbons (Fsp3) is 0.385. The first-order chi connectivity index (χ1) is 8.72. The van der Waals surface area contributed by atoms with E-state index in [-0.39, 0.29) is 11.9 Å². The van der Waals surface area contributed by atoms with Crippen LogP contribution in [-0.2, 0) is 9.53 Å². The van der Waals surface area contributed by atoms with Crippen molar-refractivity contribution in [3.05, 3.63) is 35.9 Å². The topological polar surface area (TPSA) is 58.6 Å². The first-order valence-corrected chi connectivity index (χ1v) is 5.88. The third-order valence-electron chi connectivity index (χ3n) is 2.97. The lowest BCUT2D eigenvalue weighted by Gasteiger charge is -2.32. The molecule has 1 fully saturated rings. The molecule has 0 aliphatic carbocycles. The van der Waals surface area contributed by atoms with Crippen LogP contribution >= 0.6 is 0 Å². The molecule has 0 spiro atoms. The van der Waals surface area contributed by atoms with E-state index >= 15 is 0 Å². The molecule has 0 aromatic heterocycles. The number of carbonyl (C=O) groups excluding carboxylic acids is 2. The third kappa shape index (κ3) is 2.68. The van der Waals surface area contributed by atoms with E-state index in [1.165, 1.54) is 7.11 Å². The van der Waals surface area contributed by atoms with Gasteiger partial charge in [-0.15, -0.1) is 0 Å². The first kappa shape index (κ1) is 12.6. The van der Waals surface area contributed by atoms with Gasteiger partial charge in [0.25, 0.3) is 5.91 Å². The van der Waals surface area contributed by atoms with E-state index in [4.69, 9.17) is 0 Å². The lowest BCUT2D eigenvalue weighted by Crippen LogP contribution is -2.56. The molecular weight excluding hydrogens is 232 g/mol. The molecule has 0 bridgehead atoms. The minimum Gasteiger partial charge on any atom is -0.468 e. The third-order valence-corrected chi connectivity index (χ3v) is 2.97. The van der Waals surface area contributed by atoms with Gasteiger partial charge >= 0.3 is 5.97 Å². The Hall–Kier alpha value is -1.88. The molecule has 1 amide bonds. The number of rotatable bonds is 2. The Morgan fingerprint density at radius 2 is 2.06 bits per heavy atom. The standard InChI is InChI=1S/C13H16N2O3/c1-18-13(17)11-9-15(8-7-14-11)12(16)10-5-3-2-4-6-10/h2-6,11,14H,7-9H2,1H3/t11-/m1/s1. The van der Waals surface area contributed by atoms with Crippen LogP contribution in [0.4, 0.5) is 0 Å². The Morgan fingerprint density at radius 1 is 1.33 bits per heavy atom. The molecule has 1 aliphatic rings. The largest absolute Gasteiger partial charge is 0.468 e. The predicted octanol–water partition coefficient (Wildman–Crippen LogP) is 0.274. The Labute approximate surface area is 106 Å². The maximum absolute atomic E-state index is 12.2. The van der Waals surface area contributed by atoms with Crippen LogP contribution in [0.2, 0.25) is 0 Å². The van der Waals surface area contributed by atoms with Gasteiger partial charge in [-0.1, -0.05) is 18.2 Å². The highest BCUT2D eigenvalue weighted by molar-refractivity contribution is 5.94. The van der Waals surface area contributed by atoms with Crippen molar-refractivity contribution in [2.24, 2.45) is 0 Å². The zero-order chi connectivity index (χ0) is 13.0. The van der Waals surface area contributed by atoms with E-state index < -0.39 is 6.04 Å². The van der Waals surface area contributed by atoms with E-state index in [0.29, 0.717) is 25.2 Å². The SMILES string of the molecule is COC(=O)[C@H]1CN(C(=O)c2ccccc2)CCN1. The van der Waals surface area contributed by atoms with Gasteiger partial charge in [0.2, 0.25) is 0 Å². The molecule has 1 heterocycles. The Morgan fingerprint density at radius 3 is 2.72 bits per heavy atom. The molecule has 1 aromatic rings. The molecule has 0 radical (unpaired) electrons.